The molecule has 1 aromatic rings. The zero-order valence-corrected chi connectivity index (χ0v) is 11.1. The Bertz CT molecular complexity index is 478. The van der Waals surface area contributed by atoms with Crippen LogP contribution in [0.2, 0.25) is 0 Å². The number of halogens is 2. The fourth-order valence-corrected chi connectivity index (χ4v) is 2.51. The Morgan fingerprint density at radius 2 is 2.00 bits per heavy atom. The largest absolute Gasteiger partial charge is 0.365 e. The molecule has 5 nitrogen and oxygen atoms in total. The standard InChI is InChI=1S/C12H18F2N4O/c1-7-3-5-18(6-4-7)12-8(11(15)19)9(10(13)14)16-17(12)2/h7,10H,3-6H2,1-2H3,(H2,15,19). The van der Waals surface area contributed by atoms with E-state index < -0.39 is 18.0 Å². The van der Waals surface area contributed by atoms with Crippen molar-refractivity contribution < 1.29 is 13.6 Å². The maximum Gasteiger partial charge on any atom is 0.283 e. The normalized spacial score (nSPS) is 17.2. The summed E-state index contributed by atoms with van der Waals surface area (Å²) in [4.78, 5) is 13.4. The van der Waals surface area contributed by atoms with Crippen molar-refractivity contribution in [3.63, 3.8) is 0 Å². The summed E-state index contributed by atoms with van der Waals surface area (Å²) in [6, 6.07) is 0. The molecule has 0 spiro atoms. The Balaban J connectivity index is 2.41. The topological polar surface area (TPSA) is 64.2 Å². The van der Waals surface area contributed by atoms with Crippen LogP contribution in [0.4, 0.5) is 14.6 Å². The second-order valence-electron chi connectivity index (χ2n) is 5.04. The average Bonchev–Trinajstić information content (AvgIpc) is 2.68. The summed E-state index contributed by atoms with van der Waals surface area (Å²) < 4.78 is 27.1. The lowest BCUT2D eigenvalue weighted by Gasteiger charge is -2.32. The predicted octanol–water partition coefficient (Wildman–Crippen LogP) is 1.69. The van der Waals surface area contributed by atoms with E-state index in [1.807, 2.05) is 4.90 Å². The number of alkyl halides is 2. The number of piperidine rings is 1. The lowest BCUT2D eigenvalue weighted by Crippen LogP contribution is -2.35. The Morgan fingerprint density at radius 3 is 2.47 bits per heavy atom. The van der Waals surface area contributed by atoms with Crippen LogP contribution in [0.15, 0.2) is 0 Å². The summed E-state index contributed by atoms with van der Waals surface area (Å²) in [6.07, 6.45) is -0.869. The molecule has 0 unspecified atom stereocenters. The van der Waals surface area contributed by atoms with Crippen LogP contribution in [-0.4, -0.2) is 28.8 Å². The first-order valence-electron chi connectivity index (χ1n) is 6.31. The van der Waals surface area contributed by atoms with E-state index in [0.717, 1.165) is 25.9 Å². The highest BCUT2D eigenvalue weighted by molar-refractivity contribution is 5.99. The molecule has 0 aliphatic carbocycles. The van der Waals surface area contributed by atoms with E-state index in [9.17, 15) is 13.6 Å². The van der Waals surface area contributed by atoms with E-state index in [1.165, 1.54) is 4.68 Å². The van der Waals surface area contributed by atoms with Crippen molar-refractivity contribution in [2.45, 2.75) is 26.2 Å². The third-order valence-electron chi connectivity index (χ3n) is 3.58. The lowest BCUT2D eigenvalue weighted by atomic mass is 9.99. The van der Waals surface area contributed by atoms with E-state index in [1.54, 1.807) is 7.05 Å². The fourth-order valence-electron chi connectivity index (χ4n) is 2.51. The molecule has 0 radical (unpaired) electrons. The summed E-state index contributed by atoms with van der Waals surface area (Å²) >= 11 is 0. The minimum atomic E-state index is -2.80. The Hall–Kier alpha value is -1.66. The molecule has 0 bridgehead atoms. The third kappa shape index (κ3) is 2.54. The molecular formula is C12H18F2N4O. The van der Waals surface area contributed by atoms with E-state index in [2.05, 4.69) is 12.0 Å². The van der Waals surface area contributed by atoms with Crippen molar-refractivity contribution in [1.29, 1.82) is 0 Å². The summed E-state index contributed by atoms with van der Waals surface area (Å²) in [5, 5.41) is 3.75. The number of rotatable bonds is 3. The minimum absolute atomic E-state index is 0.146. The molecule has 1 fully saturated rings. The number of carbonyl (C=O) groups excluding carboxylic acids is 1. The van der Waals surface area contributed by atoms with Crippen LogP contribution in [0, 0.1) is 5.92 Å². The molecule has 0 saturated carbocycles. The number of anilines is 1. The van der Waals surface area contributed by atoms with Gasteiger partial charge in [0.2, 0.25) is 0 Å². The first-order valence-corrected chi connectivity index (χ1v) is 6.31. The Morgan fingerprint density at radius 1 is 1.42 bits per heavy atom. The summed E-state index contributed by atoms with van der Waals surface area (Å²) in [7, 11) is 1.56. The first-order chi connectivity index (χ1) is 8.91. The van der Waals surface area contributed by atoms with Crippen LogP contribution in [0.1, 0.15) is 42.2 Å². The second kappa shape index (κ2) is 5.14. The first kappa shape index (κ1) is 13.8. The SMILES string of the molecule is CC1CCN(c2c(C(N)=O)c(C(F)F)nn2C)CC1. The van der Waals surface area contributed by atoms with E-state index in [-0.39, 0.29) is 5.56 Å². The molecule has 7 heteroatoms. The molecule has 1 amide bonds. The van der Waals surface area contributed by atoms with Gasteiger partial charge in [0.25, 0.3) is 12.3 Å². The monoisotopic (exact) mass is 272 g/mol. The van der Waals surface area contributed by atoms with Crippen LogP contribution < -0.4 is 10.6 Å². The van der Waals surface area contributed by atoms with Gasteiger partial charge in [0, 0.05) is 20.1 Å². The Kier molecular flexibility index (Phi) is 3.73. The highest BCUT2D eigenvalue weighted by atomic mass is 19.3. The van der Waals surface area contributed by atoms with Crippen LogP contribution in [0.25, 0.3) is 0 Å². The highest BCUT2D eigenvalue weighted by Gasteiger charge is 2.30. The quantitative estimate of drug-likeness (QED) is 0.910. The molecule has 0 atom stereocenters. The molecular weight excluding hydrogens is 254 g/mol. The van der Waals surface area contributed by atoms with Crippen molar-refractivity contribution in [2.75, 3.05) is 18.0 Å². The fraction of sp³-hybridized carbons (Fsp3) is 0.667. The third-order valence-corrected chi connectivity index (χ3v) is 3.58. The van der Waals surface area contributed by atoms with Gasteiger partial charge < -0.3 is 10.6 Å². The molecule has 106 valence electrons. The zero-order valence-electron chi connectivity index (χ0n) is 11.1. The number of hydrogen-bond donors (Lipinski definition) is 1. The molecule has 1 aliphatic rings. The van der Waals surface area contributed by atoms with Crippen molar-refractivity contribution in [3.8, 4) is 0 Å². The van der Waals surface area contributed by atoms with Gasteiger partial charge in [-0.2, -0.15) is 5.10 Å². The van der Waals surface area contributed by atoms with Gasteiger partial charge in [-0.25, -0.2) is 8.78 Å². The summed E-state index contributed by atoms with van der Waals surface area (Å²) in [6.45, 7) is 3.60. The highest BCUT2D eigenvalue weighted by Crippen LogP contribution is 2.31. The minimum Gasteiger partial charge on any atom is -0.365 e. The van der Waals surface area contributed by atoms with Crippen LogP contribution in [0.5, 0.6) is 0 Å². The lowest BCUT2D eigenvalue weighted by molar-refractivity contribution is 0.0985. The number of nitrogens with zero attached hydrogens (tertiary/aromatic N) is 3. The van der Waals surface area contributed by atoms with Crippen LogP contribution >= 0.6 is 0 Å². The van der Waals surface area contributed by atoms with Gasteiger partial charge in [-0.1, -0.05) is 6.92 Å². The van der Waals surface area contributed by atoms with Crippen LogP contribution in [-0.2, 0) is 7.05 Å². The van der Waals surface area contributed by atoms with Crippen LogP contribution in [0.3, 0.4) is 0 Å². The van der Waals surface area contributed by atoms with Gasteiger partial charge in [-0.05, 0) is 18.8 Å². The second-order valence-corrected chi connectivity index (χ2v) is 5.04. The molecule has 1 saturated heterocycles. The van der Waals surface area contributed by atoms with Gasteiger partial charge in [0.05, 0.1) is 0 Å². The van der Waals surface area contributed by atoms with Crippen molar-refractivity contribution in [2.24, 2.45) is 18.7 Å². The van der Waals surface area contributed by atoms with Crippen molar-refractivity contribution >= 4 is 11.7 Å². The zero-order chi connectivity index (χ0) is 14.2. The average molecular weight is 272 g/mol. The number of aryl methyl sites for hydroxylation is 1. The number of nitrogens with two attached hydrogens (primary N) is 1. The van der Waals surface area contributed by atoms with E-state index >= 15 is 0 Å². The summed E-state index contributed by atoms with van der Waals surface area (Å²) in [5.41, 5.74) is 4.58. The molecule has 2 heterocycles. The summed E-state index contributed by atoms with van der Waals surface area (Å²) in [5.74, 6) is 0.169. The molecule has 2 rings (SSSR count). The van der Waals surface area contributed by atoms with E-state index in [0.29, 0.717) is 11.7 Å². The smallest absolute Gasteiger partial charge is 0.283 e. The van der Waals surface area contributed by atoms with Gasteiger partial charge in [0.15, 0.2) is 0 Å². The molecule has 0 aromatic carbocycles. The van der Waals surface area contributed by atoms with E-state index in [4.69, 9.17) is 5.73 Å². The molecule has 1 aromatic heterocycles. The van der Waals surface area contributed by atoms with Gasteiger partial charge in [-0.3, -0.25) is 9.48 Å². The van der Waals surface area contributed by atoms with Gasteiger partial charge in [0.1, 0.15) is 17.1 Å². The van der Waals surface area contributed by atoms with Gasteiger partial charge >= 0.3 is 0 Å². The molecule has 1 aliphatic heterocycles. The van der Waals surface area contributed by atoms with Gasteiger partial charge in [-0.15, -0.1) is 0 Å². The maximum atomic E-state index is 12.9. The van der Waals surface area contributed by atoms with Crippen molar-refractivity contribution in [3.05, 3.63) is 11.3 Å². The predicted molar refractivity (Wildman–Crippen MR) is 67.3 cm³/mol. The molecule has 2 N–H and O–H groups in total. The number of carbonyl (C=O) groups is 1. The number of amides is 1. The molecule has 19 heavy (non-hydrogen) atoms. The maximum absolute atomic E-state index is 12.9. The number of hydrogen-bond acceptors (Lipinski definition) is 3. The Labute approximate surface area is 110 Å². The van der Waals surface area contributed by atoms with Crippen molar-refractivity contribution in [1.82, 2.24) is 9.78 Å². The number of primary amides is 1. The number of aromatic nitrogens is 2.